The number of nitro benzene ring substituents is 2. The highest BCUT2D eigenvalue weighted by atomic mass is 16.6. The zero-order valence-electron chi connectivity index (χ0n) is 17.6. The molecule has 0 radical (unpaired) electrons. The van der Waals surface area contributed by atoms with Crippen molar-refractivity contribution >= 4 is 40.5 Å². The summed E-state index contributed by atoms with van der Waals surface area (Å²) in [5.41, 5.74) is 2.19. The van der Waals surface area contributed by atoms with Gasteiger partial charge in [0.25, 0.3) is 5.69 Å². The minimum Gasteiger partial charge on any atom is -0.341 e. The summed E-state index contributed by atoms with van der Waals surface area (Å²) >= 11 is 0. The van der Waals surface area contributed by atoms with E-state index >= 15 is 0 Å². The maximum absolute atomic E-state index is 12.9. The number of nitrogens with zero attached hydrogens (tertiary/aromatic N) is 5. The third kappa shape index (κ3) is 4.38. The number of imide groups is 1. The van der Waals surface area contributed by atoms with Crippen molar-refractivity contribution in [3.05, 3.63) is 38.4 Å². The van der Waals surface area contributed by atoms with E-state index in [4.69, 9.17) is 0 Å². The van der Waals surface area contributed by atoms with E-state index in [0.29, 0.717) is 31.6 Å². The normalized spacial score (nSPS) is 23.7. The van der Waals surface area contributed by atoms with Gasteiger partial charge in [-0.1, -0.05) is 0 Å². The molecule has 1 aromatic rings. The smallest absolute Gasteiger partial charge is 0.301 e. The molecule has 13 nitrogen and oxygen atoms in total. The van der Waals surface area contributed by atoms with Crippen molar-refractivity contribution in [1.29, 1.82) is 0 Å². The number of carbonyl (C=O) groups is 3. The van der Waals surface area contributed by atoms with Crippen LogP contribution in [0.15, 0.2) is 23.3 Å². The van der Waals surface area contributed by atoms with Gasteiger partial charge < -0.3 is 4.90 Å². The number of rotatable bonds is 6. The molecule has 13 heteroatoms. The van der Waals surface area contributed by atoms with Crippen molar-refractivity contribution in [2.45, 2.75) is 32.1 Å². The van der Waals surface area contributed by atoms with E-state index in [2.05, 4.69) is 10.5 Å². The Morgan fingerprint density at radius 3 is 2.45 bits per heavy atom. The van der Waals surface area contributed by atoms with Gasteiger partial charge in [-0.15, -0.1) is 0 Å². The fourth-order valence-electron chi connectivity index (χ4n) is 4.56. The second kappa shape index (κ2) is 8.92. The lowest BCUT2D eigenvalue weighted by Crippen LogP contribution is -2.42. The van der Waals surface area contributed by atoms with Gasteiger partial charge in [0.2, 0.25) is 17.7 Å². The summed E-state index contributed by atoms with van der Waals surface area (Å²) in [6.07, 6.45) is 2.81. The predicted molar refractivity (Wildman–Crippen MR) is 114 cm³/mol. The molecule has 3 aliphatic rings. The van der Waals surface area contributed by atoms with Gasteiger partial charge in [-0.25, -0.2) is 0 Å². The average Bonchev–Trinajstić information content (AvgIpc) is 3.41. The molecule has 3 fully saturated rings. The Morgan fingerprint density at radius 1 is 1.09 bits per heavy atom. The van der Waals surface area contributed by atoms with Gasteiger partial charge in [0.15, 0.2) is 0 Å². The quantitative estimate of drug-likeness (QED) is 0.381. The Bertz CT molecular complexity index is 1060. The largest absolute Gasteiger partial charge is 0.341 e. The van der Waals surface area contributed by atoms with Gasteiger partial charge in [0.05, 0.1) is 27.7 Å². The molecular weight excluding hydrogens is 436 g/mol. The van der Waals surface area contributed by atoms with Gasteiger partial charge >= 0.3 is 5.69 Å². The second-order valence-corrected chi connectivity index (χ2v) is 8.31. The van der Waals surface area contributed by atoms with Crippen LogP contribution in [0, 0.1) is 32.1 Å². The summed E-state index contributed by atoms with van der Waals surface area (Å²) in [6, 6.07) is 3.16. The number of hydrogen-bond donors (Lipinski definition) is 1. The number of nitrogens with one attached hydrogen (secondary N) is 1. The van der Waals surface area contributed by atoms with Crippen molar-refractivity contribution in [2.24, 2.45) is 16.9 Å². The Balaban J connectivity index is 1.44. The third-order valence-electron chi connectivity index (χ3n) is 6.33. The van der Waals surface area contributed by atoms with E-state index < -0.39 is 39.0 Å². The number of hydrogen-bond acceptors (Lipinski definition) is 9. The first-order chi connectivity index (χ1) is 15.8. The number of nitro groups is 2. The van der Waals surface area contributed by atoms with E-state index in [-0.39, 0.29) is 30.5 Å². The lowest BCUT2D eigenvalue weighted by molar-refractivity contribution is -0.393. The molecule has 174 valence electrons. The SMILES string of the molecule is O=C(CN1C(=O)C2CCC(=NNc3ccc([N+](=O)[O-])cc3[N+](=O)[O-])CC2C1=O)N1CCCC1. The molecule has 2 atom stereocenters. The van der Waals surface area contributed by atoms with Crippen molar-refractivity contribution in [1.82, 2.24) is 9.80 Å². The summed E-state index contributed by atoms with van der Waals surface area (Å²) in [5.74, 6) is -2.09. The van der Waals surface area contributed by atoms with Gasteiger partial charge in [-0.2, -0.15) is 5.10 Å². The first-order valence-electron chi connectivity index (χ1n) is 10.6. The minimum absolute atomic E-state index is 0.0214. The van der Waals surface area contributed by atoms with E-state index in [1.807, 2.05) is 0 Å². The molecule has 2 unspecified atom stereocenters. The molecule has 0 spiro atoms. The van der Waals surface area contributed by atoms with Gasteiger partial charge in [0, 0.05) is 24.9 Å². The zero-order valence-corrected chi connectivity index (χ0v) is 17.6. The summed E-state index contributed by atoms with van der Waals surface area (Å²) in [6.45, 7) is 1.03. The number of benzene rings is 1. The number of fused-ring (bicyclic) bond motifs is 1. The van der Waals surface area contributed by atoms with Crippen LogP contribution in [0.25, 0.3) is 0 Å². The molecular formula is C20H22N6O7. The number of anilines is 1. The second-order valence-electron chi connectivity index (χ2n) is 8.31. The zero-order chi connectivity index (χ0) is 23.7. The van der Waals surface area contributed by atoms with E-state index in [9.17, 15) is 34.6 Å². The Morgan fingerprint density at radius 2 is 1.79 bits per heavy atom. The van der Waals surface area contributed by atoms with Crippen LogP contribution >= 0.6 is 0 Å². The molecule has 1 aliphatic carbocycles. The first kappa shape index (κ1) is 22.3. The van der Waals surface area contributed by atoms with Crippen LogP contribution in [0.2, 0.25) is 0 Å². The fourth-order valence-corrected chi connectivity index (χ4v) is 4.56. The van der Waals surface area contributed by atoms with Crippen LogP contribution in [-0.4, -0.2) is 62.7 Å². The third-order valence-corrected chi connectivity index (χ3v) is 6.33. The van der Waals surface area contributed by atoms with Gasteiger partial charge in [-0.3, -0.25) is 44.9 Å². The van der Waals surface area contributed by atoms with Crippen LogP contribution in [0.3, 0.4) is 0 Å². The molecule has 0 aromatic heterocycles. The van der Waals surface area contributed by atoms with Crippen LogP contribution < -0.4 is 5.43 Å². The number of amides is 3. The lowest BCUT2D eigenvalue weighted by atomic mass is 9.80. The molecule has 1 N–H and O–H groups in total. The highest BCUT2D eigenvalue weighted by Gasteiger charge is 2.50. The van der Waals surface area contributed by atoms with E-state index in [1.165, 1.54) is 6.07 Å². The number of hydrazone groups is 1. The molecule has 1 saturated carbocycles. The molecule has 2 saturated heterocycles. The molecule has 3 amide bonds. The Kier molecular flexibility index (Phi) is 6.03. The molecule has 2 heterocycles. The summed E-state index contributed by atoms with van der Waals surface area (Å²) < 4.78 is 0. The number of likely N-dealkylation sites (tertiary alicyclic amines) is 2. The Labute approximate surface area is 187 Å². The van der Waals surface area contributed by atoms with Crippen LogP contribution in [0.4, 0.5) is 17.1 Å². The highest BCUT2D eigenvalue weighted by molar-refractivity contribution is 6.09. The molecule has 0 bridgehead atoms. The van der Waals surface area contributed by atoms with Crippen LogP contribution in [0.1, 0.15) is 32.1 Å². The van der Waals surface area contributed by atoms with Crippen LogP contribution in [-0.2, 0) is 14.4 Å². The van der Waals surface area contributed by atoms with E-state index in [0.717, 1.165) is 29.9 Å². The Hall–Kier alpha value is -3.90. The van der Waals surface area contributed by atoms with Crippen molar-refractivity contribution in [3.63, 3.8) is 0 Å². The summed E-state index contributed by atoms with van der Waals surface area (Å²) in [7, 11) is 0. The fraction of sp³-hybridized carbons (Fsp3) is 0.500. The molecule has 4 rings (SSSR count). The maximum Gasteiger partial charge on any atom is 0.301 e. The van der Waals surface area contributed by atoms with Crippen molar-refractivity contribution in [2.75, 3.05) is 25.1 Å². The van der Waals surface area contributed by atoms with E-state index in [1.54, 1.807) is 4.90 Å². The minimum atomic E-state index is -0.749. The summed E-state index contributed by atoms with van der Waals surface area (Å²) in [5, 5.41) is 26.3. The predicted octanol–water partition coefficient (Wildman–Crippen LogP) is 1.68. The molecule has 1 aromatic carbocycles. The number of non-ortho nitro benzene ring substituents is 1. The average molecular weight is 458 g/mol. The molecule has 33 heavy (non-hydrogen) atoms. The first-order valence-corrected chi connectivity index (χ1v) is 10.6. The van der Waals surface area contributed by atoms with Gasteiger partial charge in [-0.05, 0) is 38.2 Å². The number of carbonyl (C=O) groups excluding carboxylic acids is 3. The lowest BCUT2D eigenvalue weighted by Gasteiger charge is -2.22. The van der Waals surface area contributed by atoms with Crippen molar-refractivity contribution in [3.8, 4) is 0 Å². The highest BCUT2D eigenvalue weighted by Crippen LogP contribution is 2.37. The van der Waals surface area contributed by atoms with Crippen molar-refractivity contribution < 1.29 is 24.2 Å². The topological polar surface area (TPSA) is 168 Å². The van der Waals surface area contributed by atoms with Gasteiger partial charge in [0.1, 0.15) is 12.2 Å². The maximum atomic E-state index is 12.9. The van der Waals surface area contributed by atoms with Crippen LogP contribution in [0.5, 0.6) is 0 Å². The molecule has 2 aliphatic heterocycles. The summed E-state index contributed by atoms with van der Waals surface area (Å²) in [4.78, 5) is 61.4. The standard InChI is InChI=1S/C20H22N6O7/c27-18(23-7-1-2-8-23)11-24-19(28)14-5-3-12(9-15(14)20(24)29)21-22-16-6-4-13(25(30)31)10-17(16)26(32)33/h4,6,10,14-15,22H,1-3,5,7-9,11H2. The monoisotopic (exact) mass is 458 g/mol.